The molecular formula is H5BKNaS. The third kappa shape index (κ3) is 8.90. The van der Waals surface area contributed by atoms with E-state index in [9.17, 15) is 0 Å². The fourth-order valence-electron chi connectivity index (χ4n) is 0. The first kappa shape index (κ1) is 27.7. The Hall–Kier alpha value is 3.05. The SMILES string of the molecule is [BH4-].[K+].[Na+].[SH-]. The molecule has 0 aliphatic rings. The molecule has 0 aromatic rings. The van der Waals surface area contributed by atoms with E-state index in [1.165, 1.54) is 0 Å². The van der Waals surface area contributed by atoms with E-state index in [0.29, 0.717) is 0 Å². The molecule has 0 rings (SSSR count). The van der Waals surface area contributed by atoms with Gasteiger partial charge in [0, 0.05) is 0 Å². The molecular weight excluding hydrogens is 105 g/mol. The van der Waals surface area contributed by atoms with Crippen LogP contribution in [0.15, 0.2) is 0 Å². The van der Waals surface area contributed by atoms with Crippen molar-refractivity contribution in [2.45, 2.75) is 0 Å². The van der Waals surface area contributed by atoms with Crippen LogP contribution in [-0.4, -0.2) is 8.41 Å². The van der Waals surface area contributed by atoms with Gasteiger partial charge in [0.05, 0.1) is 0 Å². The van der Waals surface area contributed by atoms with Gasteiger partial charge in [-0.2, -0.15) is 0 Å². The molecule has 16 valence electrons. The van der Waals surface area contributed by atoms with Gasteiger partial charge in [0.2, 0.25) is 0 Å². The minimum absolute atomic E-state index is 0. The standard InChI is InChI=1S/BH4.K.Na.H2S/h1H4;;;1H2/q-1;2*+1;/p-1. The smallest absolute Gasteiger partial charge is 0.813 e. The summed E-state index contributed by atoms with van der Waals surface area (Å²) in [4.78, 5) is 0. The maximum absolute atomic E-state index is 0. The van der Waals surface area contributed by atoms with Crippen LogP contribution in [0.3, 0.4) is 0 Å². The van der Waals surface area contributed by atoms with E-state index in [4.69, 9.17) is 0 Å². The molecule has 0 radical (unpaired) electrons. The molecule has 0 aliphatic heterocycles. The van der Waals surface area contributed by atoms with Gasteiger partial charge in [0.15, 0.2) is 0 Å². The average Bonchev–Trinajstić information content (AvgIpc) is 0. The summed E-state index contributed by atoms with van der Waals surface area (Å²) < 4.78 is 0. The van der Waals surface area contributed by atoms with Gasteiger partial charge in [0.1, 0.15) is 0 Å². The van der Waals surface area contributed by atoms with Crippen molar-refractivity contribution in [1.82, 2.24) is 0 Å². The van der Waals surface area contributed by atoms with E-state index in [2.05, 4.69) is 0 Å². The van der Waals surface area contributed by atoms with Crippen LogP contribution in [0.5, 0.6) is 0 Å². The molecule has 0 saturated heterocycles. The molecule has 4 heavy (non-hydrogen) atoms. The Bertz CT molecular complexity index is 8.00. The summed E-state index contributed by atoms with van der Waals surface area (Å²) in [6.45, 7) is 0. The van der Waals surface area contributed by atoms with Crippen LogP contribution in [-0.2, 0) is 13.5 Å². The summed E-state index contributed by atoms with van der Waals surface area (Å²) in [5.41, 5.74) is 0. The van der Waals surface area contributed by atoms with Crippen LogP contribution in [0.25, 0.3) is 0 Å². The molecule has 0 amide bonds. The van der Waals surface area contributed by atoms with Crippen LogP contribution in [0.2, 0.25) is 0 Å². The first-order chi connectivity index (χ1) is 0. The van der Waals surface area contributed by atoms with Crippen molar-refractivity contribution in [3.8, 4) is 0 Å². The van der Waals surface area contributed by atoms with Gasteiger partial charge in [0.25, 0.3) is 0 Å². The first-order valence-corrected chi connectivity index (χ1v) is 0. The third-order valence-corrected chi connectivity index (χ3v) is 0. The second-order valence-electron chi connectivity index (χ2n) is 0. The van der Waals surface area contributed by atoms with Gasteiger partial charge >= 0.3 is 80.9 Å². The number of rotatable bonds is 0. The Kier molecular flexibility index (Phi) is 115. The van der Waals surface area contributed by atoms with Crippen LogP contribution in [0.4, 0.5) is 0 Å². The molecule has 0 N–H and O–H groups in total. The van der Waals surface area contributed by atoms with Crippen molar-refractivity contribution in [2.24, 2.45) is 0 Å². The molecule has 0 spiro atoms. The molecule has 0 aromatic heterocycles. The second kappa shape index (κ2) is 16.6. The predicted molar refractivity (Wildman–Crippen MR) is 20.1 cm³/mol. The Morgan fingerprint density at radius 2 is 1.00 bits per heavy atom. The normalized spacial score (nSPS) is 0. The zero-order chi connectivity index (χ0) is 0. The van der Waals surface area contributed by atoms with Crippen LogP contribution in [0, 0.1) is 0 Å². The molecule has 0 bridgehead atoms. The maximum Gasteiger partial charge on any atom is 1.00 e. The zero-order valence-corrected chi connectivity index (χ0v) is 8.46. The van der Waals surface area contributed by atoms with E-state index in [0.717, 1.165) is 0 Å². The summed E-state index contributed by atoms with van der Waals surface area (Å²) in [7, 11) is 0. The van der Waals surface area contributed by atoms with E-state index in [1.54, 1.807) is 0 Å². The summed E-state index contributed by atoms with van der Waals surface area (Å²) in [5, 5.41) is 0. The quantitative estimate of drug-likeness (QED) is 0.169. The first-order valence-electron chi connectivity index (χ1n) is 0. The van der Waals surface area contributed by atoms with Crippen molar-refractivity contribution in [3.05, 3.63) is 0 Å². The van der Waals surface area contributed by atoms with Gasteiger partial charge in [-0.1, -0.05) is 8.41 Å². The summed E-state index contributed by atoms with van der Waals surface area (Å²) in [6.07, 6.45) is 0. The molecule has 0 fully saturated rings. The van der Waals surface area contributed by atoms with Crippen molar-refractivity contribution in [1.29, 1.82) is 0 Å². The zero-order valence-electron chi connectivity index (χ0n) is 2.45. The minimum atomic E-state index is 0. The van der Waals surface area contributed by atoms with Crippen LogP contribution in [0.1, 0.15) is 0 Å². The van der Waals surface area contributed by atoms with Crippen molar-refractivity contribution in [2.75, 3.05) is 0 Å². The Labute approximate surface area is 100 Å². The minimum Gasteiger partial charge on any atom is -0.813 e. The van der Waals surface area contributed by atoms with E-state index in [-0.39, 0.29) is 103 Å². The molecule has 0 unspecified atom stereocenters. The van der Waals surface area contributed by atoms with Crippen molar-refractivity contribution in [3.63, 3.8) is 0 Å². The predicted octanol–water partition coefficient (Wildman–Crippen LogP) is -7.71. The van der Waals surface area contributed by atoms with Gasteiger partial charge < -0.3 is 13.5 Å². The molecule has 0 aliphatic carbocycles. The number of hydrogen-bond acceptors (Lipinski definition) is 1. The molecule has 0 saturated carbocycles. The van der Waals surface area contributed by atoms with Crippen LogP contribution < -0.4 is 80.9 Å². The van der Waals surface area contributed by atoms with Gasteiger partial charge in [-0.3, -0.25) is 0 Å². The molecule has 4 heteroatoms. The van der Waals surface area contributed by atoms with E-state index >= 15 is 0 Å². The van der Waals surface area contributed by atoms with Crippen molar-refractivity contribution >= 4 is 21.9 Å². The summed E-state index contributed by atoms with van der Waals surface area (Å²) in [6, 6.07) is 0. The molecule has 0 heterocycles. The van der Waals surface area contributed by atoms with Gasteiger partial charge in [-0.15, -0.1) is 0 Å². The fraction of sp³-hybridized carbons (Fsp3) is 0. The topological polar surface area (TPSA) is 0 Å². The molecule has 0 atom stereocenters. The number of hydrogen-bond donors (Lipinski definition) is 0. The average molecular weight is 110 g/mol. The Morgan fingerprint density at radius 3 is 1.00 bits per heavy atom. The number of thiol groups is 1. The molecule has 0 aromatic carbocycles. The molecule has 0 nitrogen and oxygen atoms in total. The summed E-state index contributed by atoms with van der Waals surface area (Å²) in [5.74, 6) is 0. The maximum atomic E-state index is 0. The van der Waals surface area contributed by atoms with Gasteiger partial charge in [-0.05, 0) is 0 Å². The monoisotopic (exact) mass is 110 g/mol. The van der Waals surface area contributed by atoms with E-state index < -0.39 is 0 Å². The second-order valence-corrected chi connectivity index (χ2v) is 0. The fourth-order valence-corrected chi connectivity index (χ4v) is 0. The Morgan fingerprint density at radius 1 is 1.00 bits per heavy atom. The largest absolute Gasteiger partial charge is 1.00 e. The van der Waals surface area contributed by atoms with E-state index in [1.807, 2.05) is 0 Å². The van der Waals surface area contributed by atoms with Gasteiger partial charge in [-0.25, -0.2) is 0 Å². The van der Waals surface area contributed by atoms with Crippen LogP contribution >= 0.6 is 0 Å². The summed E-state index contributed by atoms with van der Waals surface area (Å²) >= 11 is 0. The Balaban J connectivity index is 0. The third-order valence-electron chi connectivity index (χ3n) is 0. The van der Waals surface area contributed by atoms with Crippen molar-refractivity contribution < 1.29 is 80.9 Å².